The molecule has 24 heavy (non-hydrogen) atoms. The Bertz CT molecular complexity index is 718. The van der Waals surface area contributed by atoms with Crippen LogP contribution in [0.4, 0.5) is 0 Å². The van der Waals surface area contributed by atoms with Crippen LogP contribution in [0.15, 0.2) is 77.4 Å². The van der Waals surface area contributed by atoms with Crippen molar-refractivity contribution in [2.45, 2.75) is 6.92 Å². The standard InChI is InChI=1S/C20H24N4/c1-4-18(15-22-2)24(3)20(17-13-9-6-10-14-17)23-19(21)16-11-7-5-8-12-16/h4-14,21-22H,15H2,1-3H3/b18-4+,21-19?,23-20?. The molecule has 0 aromatic heterocycles. The van der Waals surface area contributed by atoms with Gasteiger partial charge in [-0.25, -0.2) is 4.99 Å². The Morgan fingerprint density at radius 3 is 2.08 bits per heavy atom. The Morgan fingerprint density at radius 1 is 1.04 bits per heavy atom. The summed E-state index contributed by atoms with van der Waals surface area (Å²) in [5, 5.41) is 11.5. The van der Waals surface area contributed by atoms with Gasteiger partial charge < -0.3 is 10.2 Å². The lowest BCUT2D eigenvalue weighted by atomic mass is 10.1. The molecule has 2 rings (SSSR count). The third-order valence-corrected chi connectivity index (χ3v) is 3.74. The third-order valence-electron chi connectivity index (χ3n) is 3.74. The van der Waals surface area contributed by atoms with Gasteiger partial charge in [-0.05, 0) is 14.0 Å². The summed E-state index contributed by atoms with van der Waals surface area (Å²) in [5.74, 6) is 1.01. The maximum absolute atomic E-state index is 8.35. The van der Waals surface area contributed by atoms with Gasteiger partial charge in [0.2, 0.25) is 0 Å². The topological polar surface area (TPSA) is 51.5 Å². The van der Waals surface area contributed by atoms with Crippen LogP contribution in [0.25, 0.3) is 0 Å². The van der Waals surface area contributed by atoms with Gasteiger partial charge in [0, 0.05) is 30.4 Å². The molecule has 124 valence electrons. The molecule has 0 aliphatic heterocycles. The zero-order valence-electron chi connectivity index (χ0n) is 14.5. The molecule has 4 nitrogen and oxygen atoms in total. The maximum Gasteiger partial charge on any atom is 0.154 e. The van der Waals surface area contributed by atoms with Gasteiger partial charge >= 0.3 is 0 Å². The fourth-order valence-electron chi connectivity index (χ4n) is 2.42. The van der Waals surface area contributed by atoms with Crippen LogP contribution in [-0.2, 0) is 0 Å². The predicted molar refractivity (Wildman–Crippen MR) is 102 cm³/mol. The third kappa shape index (κ3) is 4.40. The van der Waals surface area contributed by atoms with Crippen LogP contribution >= 0.6 is 0 Å². The zero-order chi connectivity index (χ0) is 17.4. The van der Waals surface area contributed by atoms with Crippen molar-refractivity contribution in [1.82, 2.24) is 10.2 Å². The molecule has 0 radical (unpaired) electrons. The molecule has 0 heterocycles. The average molecular weight is 320 g/mol. The first-order chi connectivity index (χ1) is 11.7. The smallest absolute Gasteiger partial charge is 0.154 e. The number of rotatable bonds is 5. The summed E-state index contributed by atoms with van der Waals surface area (Å²) < 4.78 is 0. The summed E-state index contributed by atoms with van der Waals surface area (Å²) in [4.78, 5) is 6.66. The van der Waals surface area contributed by atoms with E-state index in [4.69, 9.17) is 5.41 Å². The van der Waals surface area contributed by atoms with Gasteiger partial charge in [0.05, 0.1) is 0 Å². The van der Waals surface area contributed by atoms with Crippen molar-refractivity contribution < 1.29 is 0 Å². The zero-order valence-corrected chi connectivity index (χ0v) is 14.5. The van der Waals surface area contributed by atoms with Crippen molar-refractivity contribution in [3.8, 4) is 0 Å². The van der Waals surface area contributed by atoms with Crippen molar-refractivity contribution >= 4 is 11.7 Å². The van der Waals surface area contributed by atoms with Crippen molar-refractivity contribution in [1.29, 1.82) is 5.41 Å². The van der Waals surface area contributed by atoms with E-state index >= 15 is 0 Å². The molecule has 4 heteroatoms. The second-order valence-corrected chi connectivity index (χ2v) is 5.39. The lowest BCUT2D eigenvalue weighted by molar-refractivity contribution is 0.589. The van der Waals surface area contributed by atoms with Crippen molar-refractivity contribution in [2.24, 2.45) is 4.99 Å². The van der Waals surface area contributed by atoms with Crippen molar-refractivity contribution in [3.05, 3.63) is 83.6 Å². The van der Waals surface area contributed by atoms with Crippen molar-refractivity contribution in [2.75, 3.05) is 20.6 Å². The largest absolute Gasteiger partial charge is 0.332 e. The summed E-state index contributed by atoms with van der Waals surface area (Å²) in [6.45, 7) is 2.74. The molecule has 2 aromatic rings. The molecule has 0 saturated carbocycles. The summed E-state index contributed by atoms with van der Waals surface area (Å²) in [5.41, 5.74) is 2.88. The van der Waals surface area contributed by atoms with Crippen molar-refractivity contribution in [3.63, 3.8) is 0 Å². The Kier molecular flexibility index (Phi) is 6.46. The second kappa shape index (κ2) is 8.79. The minimum absolute atomic E-state index is 0.251. The van der Waals surface area contributed by atoms with Crippen LogP contribution < -0.4 is 5.32 Å². The van der Waals surface area contributed by atoms with Gasteiger partial charge in [-0.1, -0.05) is 66.7 Å². The first-order valence-electron chi connectivity index (χ1n) is 7.99. The number of likely N-dealkylation sites (N-methyl/N-ethyl adjacent to an activating group) is 2. The van der Waals surface area contributed by atoms with Gasteiger partial charge in [-0.3, -0.25) is 5.41 Å². The molecule has 0 amide bonds. The fraction of sp³-hybridized carbons (Fsp3) is 0.200. The predicted octanol–water partition coefficient (Wildman–Crippen LogP) is 3.51. The summed E-state index contributed by atoms with van der Waals surface area (Å²) in [6.07, 6.45) is 2.06. The van der Waals surface area contributed by atoms with Crippen LogP contribution in [-0.4, -0.2) is 37.2 Å². The van der Waals surface area contributed by atoms with Crippen LogP contribution in [0.5, 0.6) is 0 Å². The van der Waals surface area contributed by atoms with E-state index in [9.17, 15) is 0 Å². The lowest BCUT2D eigenvalue weighted by Crippen LogP contribution is -2.32. The summed E-state index contributed by atoms with van der Waals surface area (Å²) in [7, 11) is 3.90. The molecule has 0 atom stereocenters. The van der Waals surface area contributed by atoms with Gasteiger partial charge in [-0.15, -0.1) is 0 Å². The number of hydrogen-bond donors (Lipinski definition) is 2. The van der Waals surface area contributed by atoms with E-state index < -0.39 is 0 Å². The van der Waals surface area contributed by atoms with Crippen LogP contribution in [0.3, 0.4) is 0 Å². The summed E-state index contributed by atoms with van der Waals surface area (Å²) >= 11 is 0. The minimum Gasteiger partial charge on any atom is -0.332 e. The first kappa shape index (κ1) is 17.6. The van der Waals surface area contributed by atoms with E-state index in [-0.39, 0.29) is 5.84 Å². The van der Waals surface area contributed by atoms with E-state index in [2.05, 4.69) is 16.4 Å². The molecular weight excluding hydrogens is 296 g/mol. The Hall–Kier alpha value is -2.72. The lowest BCUT2D eigenvalue weighted by Gasteiger charge is -2.24. The van der Waals surface area contributed by atoms with Gasteiger partial charge in [-0.2, -0.15) is 0 Å². The molecule has 0 fully saturated rings. The molecule has 0 unspecified atom stereocenters. The van der Waals surface area contributed by atoms with E-state index in [1.54, 1.807) is 0 Å². The van der Waals surface area contributed by atoms with E-state index in [1.165, 1.54) is 0 Å². The second-order valence-electron chi connectivity index (χ2n) is 5.39. The quantitative estimate of drug-likeness (QED) is 0.654. The molecule has 0 aliphatic carbocycles. The first-order valence-corrected chi connectivity index (χ1v) is 7.99. The van der Waals surface area contributed by atoms with Gasteiger partial charge in [0.25, 0.3) is 0 Å². The SMILES string of the molecule is C/C=C(\CNC)N(C)C(=NC(=N)c1ccccc1)c1ccccc1. The highest BCUT2D eigenvalue weighted by atomic mass is 15.2. The monoisotopic (exact) mass is 320 g/mol. The molecule has 2 N–H and O–H groups in total. The molecule has 0 saturated heterocycles. The molecular formula is C20H24N4. The van der Waals surface area contributed by atoms with Crippen LogP contribution in [0.2, 0.25) is 0 Å². The highest BCUT2D eigenvalue weighted by molar-refractivity contribution is 6.10. The summed E-state index contributed by atoms with van der Waals surface area (Å²) in [6, 6.07) is 19.6. The number of nitrogens with zero attached hydrogens (tertiary/aromatic N) is 2. The normalized spacial score (nSPS) is 12.1. The Labute approximate surface area is 144 Å². The number of hydrogen-bond acceptors (Lipinski definition) is 2. The average Bonchev–Trinajstić information content (AvgIpc) is 2.65. The number of benzene rings is 2. The van der Waals surface area contributed by atoms with E-state index in [0.29, 0.717) is 0 Å². The molecule has 0 aliphatic rings. The number of aliphatic imine (C=N–C) groups is 1. The van der Waals surface area contributed by atoms with Crippen LogP contribution in [0, 0.1) is 5.41 Å². The highest BCUT2D eigenvalue weighted by Gasteiger charge is 2.14. The van der Waals surface area contributed by atoms with Gasteiger partial charge in [0.15, 0.2) is 5.84 Å². The fourth-order valence-corrected chi connectivity index (χ4v) is 2.42. The molecule has 0 spiro atoms. The number of allylic oxidation sites excluding steroid dienone is 1. The van der Waals surface area contributed by atoms with Gasteiger partial charge in [0.1, 0.15) is 5.84 Å². The van der Waals surface area contributed by atoms with E-state index in [0.717, 1.165) is 29.2 Å². The number of nitrogens with one attached hydrogen (secondary N) is 2. The van der Waals surface area contributed by atoms with Crippen LogP contribution in [0.1, 0.15) is 18.1 Å². The Morgan fingerprint density at radius 2 is 1.58 bits per heavy atom. The molecule has 0 bridgehead atoms. The maximum atomic E-state index is 8.35. The Balaban J connectivity index is 2.44. The minimum atomic E-state index is 0.251. The molecule has 2 aromatic carbocycles. The highest BCUT2D eigenvalue weighted by Crippen LogP contribution is 2.12. The van der Waals surface area contributed by atoms with E-state index in [1.807, 2.05) is 86.6 Å². The number of amidine groups is 2.